The molecule has 23 heavy (non-hydrogen) atoms. The maximum atomic E-state index is 13.7. The number of rotatable bonds is 3. The summed E-state index contributed by atoms with van der Waals surface area (Å²) in [4.78, 5) is 12.2. The zero-order chi connectivity index (χ0) is 16.6. The first-order chi connectivity index (χ1) is 10.8. The highest BCUT2D eigenvalue weighted by atomic mass is 32.2. The van der Waals surface area contributed by atoms with E-state index in [0.717, 1.165) is 6.26 Å². The summed E-state index contributed by atoms with van der Waals surface area (Å²) in [7, 11) is -3.68. The lowest BCUT2D eigenvalue weighted by atomic mass is 10.1. The van der Waals surface area contributed by atoms with E-state index in [2.05, 4.69) is 0 Å². The first-order valence-corrected chi connectivity index (χ1v) is 8.37. The van der Waals surface area contributed by atoms with Crippen LogP contribution in [0.1, 0.15) is 15.9 Å². The Morgan fingerprint density at radius 3 is 2.61 bits per heavy atom. The summed E-state index contributed by atoms with van der Waals surface area (Å²) >= 11 is 0. The predicted molar refractivity (Wildman–Crippen MR) is 81.2 cm³/mol. The molecular weight excluding hydrogens is 323 g/mol. The number of Topliss-reactive ketones (excluding diaryl/α,β-unsaturated/α-hetero) is 1. The molecule has 0 radical (unpaired) electrons. The fraction of sp³-hybridized carbons (Fsp3) is 0.0625. The minimum atomic E-state index is -3.68. The molecule has 2 aromatic rings. The Bertz CT molecular complexity index is 931. The summed E-state index contributed by atoms with van der Waals surface area (Å²) in [5.74, 6) is -0.728. The van der Waals surface area contributed by atoms with Gasteiger partial charge in [0.05, 0.1) is 11.8 Å². The summed E-state index contributed by atoms with van der Waals surface area (Å²) in [6.07, 6.45) is 2.21. The third-order valence-electron chi connectivity index (χ3n) is 3.08. The Kier molecular flexibility index (Phi) is 3.65. The van der Waals surface area contributed by atoms with Crippen molar-refractivity contribution in [1.82, 2.24) is 0 Å². The molecule has 0 N–H and O–H groups in total. The molecule has 118 valence electrons. The van der Waals surface area contributed by atoms with Crippen LogP contribution in [0.2, 0.25) is 0 Å². The van der Waals surface area contributed by atoms with Gasteiger partial charge in [0.25, 0.3) is 0 Å². The SMILES string of the molecule is CS(=O)(=O)Oc1ccc2c(c1)OC(=Cc1ccccc1F)C2=O. The van der Waals surface area contributed by atoms with E-state index >= 15 is 0 Å². The van der Waals surface area contributed by atoms with Crippen LogP contribution in [0.3, 0.4) is 0 Å². The summed E-state index contributed by atoms with van der Waals surface area (Å²) in [6, 6.07) is 10.0. The van der Waals surface area contributed by atoms with Crippen LogP contribution in [-0.4, -0.2) is 20.5 Å². The minimum Gasteiger partial charge on any atom is -0.452 e. The molecule has 0 aliphatic carbocycles. The summed E-state index contributed by atoms with van der Waals surface area (Å²) < 4.78 is 46.0. The molecule has 5 nitrogen and oxygen atoms in total. The van der Waals surface area contributed by atoms with Crippen molar-refractivity contribution in [2.45, 2.75) is 0 Å². The van der Waals surface area contributed by atoms with Crippen LogP contribution < -0.4 is 8.92 Å². The van der Waals surface area contributed by atoms with E-state index in [1.165, 1.54) is 42.5 Å². The zero-order valence-electron chi connectivity index (χ0n) is 11.9. The second kappa shape index (κ2) is 5.51. The quantitative estimate of drug-likeness (QED) is 0.638. The second-order valence-corrected chi connectivity index (χ2v) is 6.48. The standard InChI is InChI=1S/C16H11FO5S/c1-23(19,20)22-11-6-7-12-14(9-11)21-15(16(12)18)8-10-4-2-3-5-13(10)17/h2-9H,1H3. The third kappa shape index (κ3) is 3.24. The first kappa shape index (κ1) is 15.2. The number of ketones is 1. The molecule has 0 aromatic heterocycles. The van der Waals surface area contributed by atoms with Crippen LogP contribution in [0.15, 0.2) is 48.2 Å². The van der Waals surface area contributed by atoms with Gasteiger partial charge in [0.1, 0.15) is 17.3 Å². The zero-order valence-corrected chi connectivity index (χ0v) is 12.8. The third-order valence-corrected chi connectivity index (χ3v) is 3.58. The minimum absolute atomic E-state index is 0.0335. The molecule has 0 fully saturated rings. The number of hydrogen-bond acceptors (Lipinski definition) is 5. The number of fused-ring (bicyclic) bond motifs is 1. The van der Waals surface area contributed by atoms with Gasteiger partial charge in [-0.3, -0.25) is 4.79 Å². The Morgan fingerprint density at radius 2 is 1.91 bits per heavy atom. The average Bonchev–Trinajstić information content (AvgIpc) is 2.76. The second-order valence-electron chi connectivity index (χ2n) is 4.91. The van der Waals surface area contributed by atoms with Gasteiger partial charge in [0, 0.05) is 11.6 Å². The maximum Gasteiger partial charge on any atom is 0.306 e. The molecule has 1 aliphatic rings. The van der Waals surface area contributed by atoms with Crippen LogP contribution in [-0.2, 0) is 10.1 Å². The lowest BCUT2D eigenvalue weighted by Gasteiger charge is -2.04. The van der Waals surface area contributed by atoms with Crippen molar-refractivity contribution in [2.75, 3.05) is 6.26 Å². The molecular formula is C16H11FO5S. The number of ether oxygens (including phenoxy) is 1. The van der Waals surface area contributed by atoms with Crippen molar-refractivity contribution >= 4 is 22.0 Å². The normalized spacial score (nSPS) is 15.4. The first-order valence-electron chi connectivity index (χ1n) is 6.56. The van der Waals surface area contributed by atoms with Gasteiger partial charge in [-0.1, -0.05) is 18.2 Å². The molecule has 0 atom stereocenters. The van der Waals surface area contributed by atoms with E-state index < -0.39 is 21.7 Å². The van der Waals surface area contributed by atoms with Gasteiger partial charge in [0.2, 0.25) is 5.78 Å². The van der Waals surface area contributed by atoms with E-state index in [0.29, 0.717) is 0 Å². The number of carbonyl (C=O) groups is 1. The molecule has 0 saturated carbocycles. The Balaban J connectivity index is 1.94. The van der Waals surface area contributed by atoms with Gasteiger partial charge in [-0.05, 0) is 24.3 Å². The van der Waals surface area contributed by atoms with Gasteiger partial charge < -0.3 is 8.92 Å². The topological polar surface area (TPSA) is 69.7 Å². The van der Waals surface area contributed by atoms with Crippen molar-refractivity contribution in [3.8, 4) is 11.5 Å². The van der Waals surface area contributed by atoms with Crippen LogP contribution in [0.25, 0.3) is 6.08 Å². The predicted octanol–water partition coefficient (Wildman–Crippen LogP) is 2.78. The molecule has 0 spiro atoms. The van der Waals surface area contributed by atoms with Gasteiger partial charge in [0.15, 0.2) is 5.76 Å². The van der Waals surface area contributed by atoms with E-state index in [1.54, 1.807) is 6.07 Å². The average molecular weight is 334 g/mol. The molecule has 0 saturated heterocycles. The largest absolute Gasteiger partial charge is 0.452 e. The van der Waals surface area contributed by atoms with E-state index in [1.807, 2.05) is 0 Å². The number of allylic oxidation sites excluding steroid dienone is 1. The van der Waals surface area contributed by atoms with Crippen molar-refractivity contribution in [2.24, 2.45) is 0 Å². The van der Waals surface area contributed by atoms with Gasteiger partial charge in [-0.2, -0.15) is 8.42 Å². The number of halogens is 1. The van der Waals surface area contributed by atoms with Crippen LogP contribution in [0.5, 0.6) is 11.5 Å². The van der Waals surface area contributed by atoms with E-state index in [9.17, 15) is 17.6 Å². The monoisotopic (exact) mass is 334 g/mol. The van der Waals surface area contributed by atoms with Crippen molar-refractivity contribution in [3.63, 3.8) is 0 Å². The molecule has 3 rings (SSSR count). The van der Waals surface area contributed by atoms with Crippen LogP contribution in [0, 0.1) is 5.82 Å². The number of hydrogen-bond donors (Lipinski definition) is 0. The van der Waals surface area contributed by atoms with Crippen molar-refractivity contribution in [3.05, 3.63) is 65.2 Å². The smallest absolute Gasteiger partial charge is 0.306 e. The highest BCUT2D eigenvalue weighted by Crippen LogP contribution is 2.35. The van der Waals surface area contributed by atoms with E-state index in [-0.39, 0.29) is 28.4 Å². The molecule has 0 amide bonds. The molecule has 0 unspecified atom stereocenters. The Morgan fingerprint density at radius 1 is 1.17 bits per heavy atom. The lowest BCUT2D eigenvalue weighted by molar-refractivity contribution is 0.101. The van der Waals surface area contributed by atoms with Gasteiger partial charge in [-0.15, -0.1) is 0 Å². The fourth-order valence-electron chi connectivity index (χ4n) is 2.13. The molecule has 2 aromatic carbocycles. The fourth-order valence-corrected chi connectivity index (χ4v) is 2.58. The maximum absolute atomic E-state index is 13.7. The molecule has 1 heterocycles. The van der Waals surface area contributed by atoms with Crippen LogP contribution in [0.4, 0.5) is 4.39 Å². The van der Waals surface area contributed by atoms with Crippen molar-refractivity contribution < 1.29 is 26.5 Å². The Labute approximate surface area is 132 Å². The molecule has 7 heteroatoms. The summed E-state index contributed by atoms with van der Waals surface area (Å²) in [6.45, 7) is 0. The number of benzene rings is 2. The highest BCUT2D eigenvalue weighted by molar-refractivity contribution is 7.86. The summed E-state index contributed by atoms with van der Waals surface area (Å²) in [5, 5.41) is 0. The molecule has 0 bridgehead atoms. The van der Waals surface area contributed by atoms with Crippen LogP contribution >= 0.6 is 0 Å². The van der Waals surface area contributed by atoms with Crippen molar-refractivity contribution in [1.29, 1.82) is 0 Å². The Hall–Kier alpha value is -2.67. The lowest BCUT2D eigenvalue weighted by Crippen LogP contribution is -2.05. The van der Waals surface area contributed by atoms with Gasteiger partial charge >= 0.3 is 10.1 Å². The summed E-state index contributed by atoms with van der Waals surface area (Å²) in [5.41, 5.74) is 0.477. The molecule has 1 aliphatic heterocycles. The highest BCUT2D eigenvalue weighted by Gasteiger charge is 2.28. The number of carbonyl (C=O) groups excluding carboxylic acids is 1. The van der Waals surface area contributed by atoms with Gasteiger partial charge in [-0.25, -0.2) is 4.39 Å². The van der Waals surface area contributed by atoms with E-state index in [4.69, 9.17) is 8.92 Å².